The minimum atomic E-state index is 0.592. The van der Waals surface area contributed by atoms with Crippen molar-refractivity contribution in [2.24, 2.45) is 0 Å². The fourth-order valence-electron chi connectivity index (χ4n) is 1.69. The van der Waals surface area contributed by atoms with Gasteiger partial charge in [-0.05, 0) is 24.6 Å². The first kappa shape index (κ1) is 9.83. The average molecular weight is 229 g/mol. The highest BCUT2D eigenvalue weighted by Crippen LogP contribution is 2.13. The number of nitrogens with zero attached hydrogens (tertiary/aromatic N) is 4. The van der Waals surface area contributed by atoms with Gasteiger partial charge in [0.1, 0.15) is 24.1 Å². The number of aryl methyl sites for hydroxylation is 1. The summed E-state index contributed by atoms with van der Waals surface area (Å²) >= 11 is 0. The fourth-order valence-corrected chi connectivity index (χ4v) is 1.69. The number of pyridine rings is 1. The predicted octanol–water partition coefficient (Wildman–Crippen LogP) is 1.64. The van der Waals surface area contributed by atoms with Crippen LogP contribution in [0.3, 0.4) is 0 Å². The molecule has 86 valence electrons. The number of nitrogens with one attached hydrogen (secondary N) is 1. The molecular formula is C11H11N5O. The maximum atomic E-state index is 4.77. The second-order valence-electron chi connectivity index (χ2n) is 3.79. The Morgan fingerprint density at radius 3 is 3.18 bits per heavy atom. The van der Waals surface area contributed by atoms with Crippen molar-refractivity contribution in [1.82, 2.24) is 19.8 Å². The molecule has 6 heteroatoms. The molecule has 0 aliphatic heterocycles. The first-order chi connectivity index (χ1) is 8.33. The van der Waals surface area contributed by atoms with Crippen molar-refractivity contribution < 1.29 is 4.52 Å². The van der Waals surface area contributed by atoms with Crippen LogP contribution in [0.15, 0.2) is 35.3 Å². The van der Waals surface area contributed by atoms with Gasteiger partial charge >= 0.3 is 0 Å². The van der Waals surface area contributed by atoms with Crippen molar-refractivity contribution in [2.75, 3.05) is 5.32 Å². The molecule has 3 aromatic heterocycles. The first-order valence-electron chi connectivity index (χ1n) is 5.26. The van der Waals surface area contributed by atoms with E-state index in [-0.39, 0.29) is 0 Å². The van der Waals surface area contributed by atoms with Gasteiger partial charge in [-0.15, -0.1) is 0 Å². The summed E-state index contributed by atoms with van der Waals surface area (Å²) in [5.74, 6) is 0.889. The Morgan fingerprint density at radius 2 is 2.35 bits per heavy atom. The molecule has 17 heavy (non-hydrogen) atoms. The van der Waals surface area contributed by atoms with E-state index in [1.54, 1.807) is 10.8 Å². The van der Waals surface area contributed by atoms with E-state index < -0.39 is 0 Å². The lowest BCUT2D eigenvalue weighted by molar-refractivity contribution is 0.412. The highest BCUT2D eigenvalue weighted by Gasteiger charge is 2.04. The Balaban J connectivity index is 1.91. The maximum Gasteiger partial charge on any atom is 0.157 e. The van der Waals surface area contributed by atoms with Gasteiger partial charge in [0, 0.05) is 6.07 Å². The summed E-state index contributed by atoms with van der Waals surface area (Å²) < 4.78 is 6.53. The molecule has 0 unspecified atom stereocenters. The Labute approximate surface area is 97.3 Å². The summed E-state index contributed by atoms with van der Waals surface area (Å²) in [7, 11) is 0. The number of hydrogen-bond acceptors (Lipinski definition) is 5. The number of fused-ring (bicyclic) bond motifs is 1. The Kier molecular flexibility index (Phi) is 2.25. The summed E-state index contributed by atoms with van der Waals surface area (Å²) in [5.41, 5.74) is 2.81. The monoisotopic (exact) mass is 229 g/mol. The molecule has 3 rings (SSSR count). The summed E-state index contributed by atoms with van der Waals surface area (Å²) in [5, 5.41) is 11.3. The van der Waals surface area contributed by atoms with Crippen molar-refractivity contribution in [3.05, 3.63) is 42.0 Å². The van der Waals surface area contributed by atoms with Crippen LogP contribution in [0.5, 0.6) is 0 Å². The van der Waals surface area contributed by atoms with Gasteiger partial charge in [0.15, 0.2) is 5.65 Å². The summed E-state index contributed by atoms with van der Waals surface area (Å²) in [6.45, 7) is 2.62. The van der Waals surface area contributed by atoms with E-state index in [2.05, 4.69) is 20.6 Å². The van der Waals surface area contributed by atoms with Gasteiger partial charge in [0.2, 0.25) is 0 Å². The molecule has 1 N–H and O–H groups in total. The quantitative estimate of drug-likeness (QED) is 0.739. The zero-order valence-corrected chi connectivity index (χ0v) is 9.29. The number of rotatable bonds is 3. The molecular weight excluding hydrogens is 218 g/mol. The summed E-state index contributed by atoms with van der Waals surface area (Å²) in [6.07, 6.45) is 3.09. The van der Waals surface area contributed by atoms with Crippen LogP contribution in [0.25, 0.3) is 5.65 Å². The standard InChI is InChI=1S/C11H11N5O/c1-8-4-10(12-6-9-2-3-17-15-9)16-11(5-8)13-7-14-16/h2-5,7,12H,6H2,1H3. The van der Waals surface area contributed by atoms with Crippen LogP contribution >= 0.6 is 0 Å². The van der Waals surface area contributed by atoms with E-state index in [1.165, 1.54) is 6.33 Å². The molecule has 0 atom stereocenters. The number of aromatic nitrogens is 4. The summed E-state index contributed by atoms with van der Waals surface area (Å²) in [6, 6.07) is 5.82. The van der Waals surface area contributed by atoms with E-state index in [4.69, 9.17) is 4.52 Å². The minimum Gasteiger partial charge on any atom is -0.364 e. The lowest BCUT2D eigenvalue weighted by Crippen LogP contribution is -2.05. The van der Waals surface area contributed by atoms with E-state index >= 15 is 0 Å². The molecule has 0 aromatic carbocycles. The van der Waals surface area contributed by atoms with Crippen molar-refractivity contribution in [1.29, 1.82) is 0 Å². The third-order valence-electron chi connectivity index (χ3n) is 2.47. The zero-order valence-electron chi connectivity index (χ0n) is 9.29. The van der Waals surface area contributed by atoms with E-state index in [9.17, 15) is 0 Å². The van der Waals surface area contributed by atoms with E-state index in [0.717, 1.165) is 22.7 Å². The van der Waals surface area contributed by atoms with E-state index in [0.29, 0.717) is 6.54 Å². The van der Waals surface area contributed by atoms with Crippen molar-refractivity contribution in [2.45, 2.75) is 13.5 Å². The maximum absolute atomic E-state index is 4.77. The van der Waals surface area contributed by atoms with Gasteiger partial charge in [-0.3, -0.25) is 0 Å². The molecule has 0 spiro atoms. The average Bonchev–Trinajstić information content (AvgIpc) is 2.95. The van der Waals surface area contributed by atoms with Crippen LogP contribution < -0.4 is 5.32 Å². The summed E-state index contributed by atoms with van der Waals surface area (Å²) in [4.78, 5) is 4.16. The van der Waals surface area contributed by atoms with Gasteiger partial charge in [0.05, 0.1) is 6.54 Å². The van der Waals surface area contributed by atoms with Crippen molar-refractivity contribution >= 4 is 11.5 Å². The molecule has 0 radical (unpaired) electrons. The van der Waals surface area contributed by atoms with Crippen LogP contribution in [0, 0.1) is 6.92 Å². The lowest BCUT2D eigenvalue weighted by Gasteiger charge is -2.07. The normalized spacial score (nSPS) is 10.9. The largest absolute Gasteiger partial charge is 0.364 e. The highest BCUT2D eigenvalue weighted by molar-refractivity contribution is 5.51. The van der Waals surface area contributed by atoms with Gasteiger partial charge in [-0.2, -0.15) is 9.61 Å². The number of hydrogen-bond donors (Lipinski definition) is 1. The lowest BCUT2D eigenvalue weighted by atomic mass is 10.3. The van der Waals surface area contributed by atoms with Crippen LogP contribution in [-0.4, -0.2) is 19.8 Å². The predicted molar refractivity (Wildman–Crippen MR) is 61.6 cm³/mol. The van der Waals surface area contributed by atoms with Crippen LogP contribution in [0.2, 0.25) is 0 Å². The topological polar surface area (TPSA) is 68.2 Å². The third-order valence-corrected chi connectivity index (χ3v) is 2.47. The van der Waals surface area contributed by atoms with Gasteiger partial charge in [0.25, 0.3) is 0 Å². The highest BCUT2D eigenvalue weighted by atomic mass is 16.5. The molecule has 0 fully saturated rings. The Morgan fingerprint density at radius 1 is 1.41 bits per heavy atom. The van der Waals surface area contributed by atoms with E-state index in [1.807, 2.05) is 25.1 Å². The molecule has 3 heterocycles. The molecule has 6 nitrogen and oxygen atoms in total. The Bertz CT molecular complexity index is 628. The second kappa shape index (κ2) is 3.89. The third kappa shape index (κ3) is 1.84. The smallest absolute Gasteiger partial charge is 0.157 e. The van der Waals surface area contributed by atoms with Crippen LogP contribution in [0.1, 0.15) is 11.3 Å². The van der Waals surface area contributed by atoms with Crippen LogP contribution in [-0.2, 0) is 6.54 Å². The van der Waals surface area contributed by atoms with Crippen LogP contribution in [0.4, 0.5) is 5.82 Å². The van der Waals surface area contributed by atoms with Gasteiger partial charge < -0.3 is 9.84 Å². The molecule has 0 aliphatic rings. The SMILES string of the molecule is Cc1cc(NCc2ccon2)n2ncnc2c1. The van der Waals surface area contributed by atoms with Gasteiger partial charge in [-0.25, -0.2) is 4.98 Å². The number of anilines is 1. The molecule has 0 saturated carbocycles. The molecule has 0 bridgehead atoms. The molecule has 3 aromatic rings. The minimum absolute atomic E-state index is 0.592. The Hall–Kier alpha value is -2.37. The first-order valence-corrected chi connectivity index (χ1v) is 5.26. The zero-order chi connectivity index (χ0) is 11.7. The molecule has 0 aliphatic carbocycles. The fraction of sp³-hybridized carbons (Fsp3) is 0.182. The molecule has 0 saturated heterocycles. The van der Waals surface area contributed by atoms with Crippen molar-refractivity contribution in [3.8, 4) is 0 Å². The second-order valence-corrected chi connectivity index (χ2v) is 3.79. The van der Waals surface area contributed by atoms with Crippen molar-refractivity contribution in [3.63, 3.8) is 0 Å². The molecule has 0 amide bonds. The van der Waals surface area contributed by atoms with Gasteiger partial charge in [-0.1, -0.05) is 5.16 Å².